The van der Waals surface area contributed by atoms with Crippen molar-refractivity contribution >= 4 is 45.7 Å². The number of aromatic nitrogens is 5. The molecule has 2 atom stereocenters. The number of halogens is 2. The van der Waals surface area contributed by atoms with E-state index in [1.165, 1.54) is 41.9 Å². The molecule has 1 aliphatic carbocycles. The summed E-state index contributed by atoms with van der Waals surface area (Å²) in [6, 6.07) is 0. The first-order chi connectivity index (χ1) is 12.2. The molecule has 2 bridgehead atoms. The molecule has 2 unspecified atom stereocenters. The van der Waals surface area contributed by atoms with Crippen molar-refractivity contribution in [3.05, 3.63) is 17.3 Å². The molecule has 0 aromatic carbocycles. The molecule has 3 aromatic rings. The molecule has 4 heterocycles. The second kappa shape index (κ2) is 5.67. The van der Waals surface area contributed by atoms with Gasteiger partial charge in [-0.2, -0.15) is 9.61 Å². The topological polar surface area (TPSA) is 59.2 Å². The van der Waals surface area contributed by atoms with Gasteiger partial charge in [-0.1, -0.05) is 23.4 Å². The molecule has 0 spiro atoms. The van der Waals surface area contributed by atoms with E-state index in [1.807, 2.05) is 6.26 Å². The molecule has 9 heteroatoms. The Balaban J connectivity index is 1.82. The van der Waals surface area contributed by atoms with E-state index in [9.17, 15) is 4.39 Å². The van der Waals surface area contributed by atoms with Gasteiger partial charge in [-0.15, -0.1) is 0 Å². The van der Waals surface area contributed by atoms with Crippen molar-refractivity contribution in [1.82, 2.24) is 24.6 Å². The van der Waals surface area contributed by atoms with Crippen LogP contribution in [-0.2, 0) is 0 Å². The normalized spacial score (nSPS) is 23.1. The van der Waals surface area contributed by atoms with Gasteiger partial charge < -0.3 is 4.90 Å². The highest BCUT2D eigenvalue weighted by Crippen LogP contribution is 2.41. The lowest BCUT2D eigenvalue weighted by molar-refractivity contribution is 0.419. The number of hydrogen-bond donors (Lipinski definition) is 0. The lowest BCUT2D eigenvalue weighted by Gasteiger charge is -2.33. The summed E-state index contributed by atoms with van der Waals surface area (Å²) in [5.41, 5.74) is 0.722. The van der Waals surface area contributed by atoms with Crippen molar-refractivity contribution in [3.63, 3.8) is 0 Å². The second-order valence-corrected chi connectivity index (χ2v) is 7.94. The van der Waals surface area contributed by atoms with Gasteiger partial charge >= 0.3 is 0 Å². The summed E-state index contributed by atoms with van der Waals surface area (Å²) in [6.45, 7) is 1.89. The smallest absolute Gasteiger partial charge is 0.189 e. The molecule has 1 saturated heterocycles. The lowest BCUT2D eigenvalue weighted by atomic mass is 9.98. The molecule has 0 radical (unpaired) electrons. The third-order valence-electron chi connectivity index (χ3n) is 5.30. The maximum absolute atomic E-state index is 14.9. The van der Waals surface area contributed by atoms with Crippen LogP contribution in [0.5, 0.6) is 0 Å². The number of piperidine rings is 1. The summed E-state index contributed by atoms with van der Waals surface area (Å²) in [6.07, 6.45) is 7.09. The number of fused-ring (bicyclic) bond motifs is 5. The first-order valence-corrected chi connectivity index (χ1v) is 9.93. The van der Waals surface area contributed by atoms with Crippen LogP contribution in [-0.4, -0.2) is 43.9 Å². The summed E-state index contributed by atoms with van der Waals surface area (Å²) in [7, 11) is 0. The zero-order valence-electron chi connectivity index (χ0n) is 13.6. The zero-order valence-corrected chi connectivity index (χ0v) is 15.2. The maximum Gasteiger partial charge on any atom is 0.189 e. The van der Waals surface area contributed by atoms with Gasteiger partial charge in [0.25, 0.3) is 0 Å². The fourth-order valence-corrected chi connectivity index (χ4v) is 4.81. The van der Waals surface area contributed by atoms with E-state index in [4.69, 9.17) is 16.6 Å². The van der Waals surface area contributed by atoms with Crippen molar-refractivity contribution in [1.29, 1.82) is 0 Å². The predicted octanol–water partition coefficient (Wildman–Crippen LogP) is 3.42. The van der Waals surface area contributed by atoms with Gasteiger partial charge in [0.1, 0.15) is 17.7 Å². The number of hydrogen-bond acceptors (Lipinski definition) is 6. The quantitative estimate of drug-likeness (QED) is 0.387. The predicted molar refractivity (Wildman–Crippen MR) is 95.9 cm³/mol. The number of rotatable bonds is 2. The molecular weight excluding hydrogens is 363 g/mol. The molecule has 2 aliphatic rings. The molecular formula is C16H16ClFN6S. The van der Waals surface area contributed by atoms with Crippen molar-refractivity contribution < 1.29 is 4.39 Å². The van der Waals surface area contributed by atoms with E-state index >= 15 is 0 Å². The third kappa shape index (κ3) is 2.30. The van der Waals surface area contributed by atoms with Crippen molar-refractivity contribution in [2.75, 3.05) is 24.2 Å². The Morgan fingerprint density at radius 1 is 1.24 bits per heavy atom. The fraction of sp³-hybridized carbons (Fsp3) is 0.500. The number of thioether (sulfide) groups is 1. The highest BCUT2D eigenvalue weighted by Gasteiger charge is 2.35. The van der Waals surface area contributed by atoms with Gasteiger partial charge in [-0.25, -0.2) is 19.3 Å². The molecule has 0 amide bonds. The summed E-state index contributed by atoms with van der Waals surface area (Å²) >= 11 is 7.54. The third-order valence-corrected chi connectivity index (χ3v) is 6.18. The molecule has 130 valence electrons. The highest BCUT2D eigenvalue weighted by atomic mass is 35.5. The van der Waals surface area contributed by atoms with E-state index in [2.05, 4.69) is 20.0 Å². The van der Waals surface area contributed by atoms with E-state index in [0.717, 1.165) is 18.9 Å². The average molecular weight is 379 g/mol. The van der Waals surface area contributed by atoms with Gasteiger partial charge in [0.15, 0.2) is 21.8 Å². The van der Waals surface area contributed by atoms with Gasteiger partial charge in [0.2, 0.25) is 0 Å². The van der Waals surface area contributed by atoms with Gasteiger partial charge in [0, 0.05) is 13.1 Å². The van der Waals surface area contributed by atoms with Gasteiger partial charge in [-0.05, 0) is 37.4 Å². The van der Waals surface area contributed by atoms with E-state index in [0.29, 0.717) is 28.0 Å². The number of nitrogens with zero attached hydrogens (tertiary/aromatic N) is 6. The SMILES string of the molecule is CSc1nc(N2CC3CCC(C3)C2)c2c(n1)c(F)c(Cl)n1ncnc21. The van der Waals surface area contributed by atoms with Crippen molar-refractivity contribution in [2.24, 2.45) is 11.8 Å². The minimum atomic E-state index is -0.575. The Morgan fingerprint density at radius 2 is 2.00 bits per heavy atom. The van der Waals surface area contributed by atoms with Gasteiger partial charge in [0.05, 0.1) is 5.39 Å². The Morgan fingerprint density at radius 3 is 2.72 bits per heavy atom. The minimum Gasteiger partial charge on any atom is -0.355 e. The molecule has 25 heavy (non-hydrogen) atoms. The first kappa shape index (κ1) is 15.6. The summed E-state index contributed by atoms with van der Waals surface area (Å²) < 4.78 is 16.2. The molecule has 0 N–H and O–H groups in total. The highest BCUT2D eigenvalue weighted by molar-refractivity contribution is 7.98. The van der Waals surface area contributed by atoms with Crippen molar-refractivity contribution in [3.8, 4) is 0 Å². The Labute approximate surface area is 152 Å². The second-order valence-electron chi connectivity index (χ2n) is 6.81. The van der Waals surface area contributed by atoms with E-state index in [1.54, 1.807) is 0 Å². The fourth-order valence-electron chi connectivity index (χ4n) is 4.24. The van der Waals surface area contributed by atoms with Crippen LogP contribution in [0, 0.1) is 17.7 Å². The molecule has 2 fully saturated rings. The van der Waals surface area contributed by atoms with Crippen LogP contribution < -0.4 is 4.90 Å². The van der Waals surface area contributed by atoms with Gasteiger partial charge in [-0.3, -0.25) is 0 Å². The largest absolute Gasteiger partial charge is 0.355 e. The van der Waals surface area contributed by atoms with E-state index in [-0.39, 0.29) is 10.7 Å². The van der Waals surface area contributed by atoms with E-state index < -0.39 is 5.82 Å². The summed E-state index contributed by atoms with van der Waals surface area (Å²) in [4.78, 5) is 15.7. The number of pyridine rings is 1. The molecule has 1 saturated carbocycles. The van der Waals surface area contributed by atoms with Crippen LogP contribution in [0.25, 0.3) is 16.6 Å². The van der Waals surface area contributed by atoms with Crippen LogP contribution in [0.15, 0.2) is 11.5 Å². The maximum atomic E-state index is 14.9. The van der Waals surface area contributed by atoms with Crippen LogP contribution in [0.3, 0.4) is 0 Å². The van der Waals surface area contributed by atoms with Crippen LogP contribution in [0.4, 0.5) is 10.2 Å². The zero-order chi connectivity index (χ0) is 17.1. The summed E-state index contributed by atoms with van der Waals surface area (Å²) in [5, 5.41) is 5.09. The Kier molecular flexibility index (Phi) is 3.53. The molecule has 6 nitrogen and oxygen atoms in total. The first-order valence-electron chi connectivity index (χ1n) is 8.33. The summed E-state index contributed by atoms with van der Waals surface area (Å²) in [5.74, 6) is 1.55. The Hall–Kier alpha value is -1.67. The molecule has 3 aromatic heterocycles. The average Bonchev–Trinajstić information content (AvgIpc) is 3.25. The lowest BCUT2D eigenvalue weighted by Crippen LogP contribution is -2.37. The van der Waals surface area contributed by atoms with Crippen LogP contribution in [0.1, 0.15) is 19.3 Å². The molecule has 1 aliphatic heterocycles. The van der Waals surface area contributed by atoms with Crippen LogP contribution >= 0.6 is 23.4 Å². The number of anilines is 1. The standard InChI is InChI=1S/C16H16ClFN6S/c1-25-16-21-12-10(14-19-7-20-24(14)13(17)11(12)18)15(22-16)23-5-8-2-3-9(4-8)6-23/h7-9H,2-6H2,1H3. The minimum absolute atomic E-state index is 0.101. The van der Waals surface area contributed by atoms with Crippen LogP contribution in [0.2, 0.25) is 5.15 Å². The molecule has 5 rings (SSSR count). The van der Waals surface area contributed by atoms with Crippen molar-refractivity contribution in [2.45, 2.75) is 24.4 Å². The monoisotopic (exact) mass is 378 g/mol. The Bertz CT molecular complexity index is 980.